The molecule has 2 fully saturated rings. The number of aliphatic hydroxyl groups is 1. The van der Waals surface area contributed by atoms with Gasteiger partial charge in [-0.1, -0.05) is 0 Å². The number of carboxylic acid groups (broad SMARTS) is 1. The summed E-state index contributed by atoms with van der Waals surface area (Å²) in [5.41, 5.74) is -0.304. The van der Waals surface area contributed by atoms with Crippen molar-refractivity contribution in [2.24, 2.45) is 0 Å². The van der Waals surface area contributed by atoms with Crippen LogP contribution in [0.1, 0.15) is 26.2 Å². The minimum Gasteiger partial charge on any atom is -0.480 e. The Morgan fingerprint density at radius 3 is 3.00 bits per heavy atom. The maximum atomic E-state index is 10.9. The summed E-state index contributed by atoms with van der Waals surface area (Å²) in [7, 11) is 0. The first-order valence-electron chi connectivity index (χ1n) is 5.81. The van der Waals surface area contributed by atoms with Gasteiger partial charge in [-0.15, -0.1) is 0 Å². The second kappa shape index (κ2) is 4.31. The van der Waals surface area contributed by atoms with Crippen LogP contribution >= 0.6 is 0 Å². The molecule has 2 saturated heterocycles. The summed E-state index contributed by atoms with van der Waals surface area (Å²) in [5, 5.41) is 18.6. The Morgan fingerprint density at radius 1 is 1.62 bits per heavy atom. The molecule has 5 heteroatoms. The molecule has 92 valence electrons. The van der Waals surface area contributed by atoms with Gasteiger partial charge in [-0.2, -0.15) is 0 Å². The van der Waals surface area contributed by atoms with Crippen LogP contribution in [0.2, 0.25) is 0 Å². The average Bonchev–Trinajstić information content (AvgIpc) is 2.60. The number of likely N-dealkylation sites (tertiary alicyclic amines) is 1. The van der Waals surface area contributed by atoms with Crippen molar-refractivity contribution < 1.29 is 19.7 Å². The van der Waals surface area contributed by atoms with E-state index >= 15 is 0 Å². The van der Waals surface area contributed by atoms with Crippen molar-refractivity contribution >= 4 is 5.97 Å². The summed E-state index contributed by atoms with van der Waals surface area (Å²) < 4.78 is 5.76. The highest BCUT2D eigenvalue weighted by atomic mass is 16.5. The SMILES string of the molecule is C[C@H](C(=O)O)N1CC[C@]2(C[C@H](O)CCO2)C1. The van der Waals surface area contributed by atoms with E-state index in [9.17, 15) is 9.90 Å². The zero-order valence-corrected chi connectivity index (χ0v) is 9.56. The van der Waals surface area contributed by atoms with Crippen LogP contribution in [0.3, 0.4) is 0 Å². The van der Waals surface area contributed by atoms with Crippen LogP contribution in [0.5, 0.6) is 0 Å². The Bertz CT molecular complexity index is 283. The van der Waals surface area contributed by atoms with Gasteiger partial charge >= 0.3 is 5.97 Å². The lowest BCUT2D eigenvalue weighted by Crippen LogP contribution is -2.46. The molecule has 2 rings (SSSR count). The van der Waals surface area contributed by atoms with Gasteiger partial charge in [-0.25, -0.2) is 0 Å². The predicted molar refractivity (Wildman–Crippen MR) is 57.2 cm³/mol. The molecule has 0 amide bonds. The molecule has 0 aliphatic carbocycles. The molecule has 0 saturated carbocycles. The summed E-state index contributed by atoms with van der Waals surface area (Å²) in [6.07, 6.45) is 1.85. The van der Waals surface area contributed by atoms with Crippen molar-refractivity contribution in [3.8, 4) is 0 Å². The standard InChI is InChI=1S/C11H19NO4/c1-8(10(14)15)12-4-3-11(7-12)6-9(13)2-5-16-11/h8-9,13H,2-7H2,1H3,(H,14,15)/t8-,9-,11+/m1/s1. The van der Waals surface area contributed by atoms with E-state index in [0.717, 1.165) is 13.0 Å². The van der Waals surface area contributed by atoms with Crippen molar-refractivity contribution in [1.82, 2.24) is 4.90 Å². The lowest BCUT2D eigenvalue weighted by molar-refractivity contribution is -0.143. The monoisotopic (exact) mass is 229 g/mol. The quantitative estimate of drug-likeness (QED) is 0.701. The fraction of sp³-hybridized carbons (Fsp3) is 0.909. The van der Waals surface area contributed by atoms with Crippen LogP contribution in [-0.2, 0) is 9.53 Å². The van der Waals surface area contributed by atoms with E-state index in [2.05, 4.69) is 0 Å². The van der Waals surface area contributed by atoms with Gasteiger partial charge in [0, 0.05) is 26.1 Å². The number of hydrogen-bond donors (Lipinski definition) is 2. The summed E-state index contributed by atoms with van der Waals surface area (Å²) in [6, 6.07) is -0.470. The predicted octanol–water partition coefficient (Wildman–Crippen LogP) is 0.0753. The maximum Gasteiger partial charge on any atom is 0.320 e. The normalized spacial score (nSPS) is 37.8. The Hall–Kier alpha value is -0.650. The molecule has 0 aromatic rings. The van der Waals surface area contributed by atoms with Crippen LogP contribution in [0.25, 0.3) is 0 Å². The average molecular weight is 229 g/mol. The zero-order valence-electron chi connectivity index (χ0n) is 9.56. The van der Waals surface area contributed by atoms with Gasteiger partial charge < -0.3 is 14.9 Å². The van der Waals surface area contributed by atoms with Crippen LogP contribution in [0.15, 0.2) is 0 Å². The zero-order chi connectivity index (χ0) is 11.8. The first-order valence-corrected chi connectivity index (χ1v) is 5.81. The first-order chi connectivity index (χ1) is 7.52. The minimum atomic E-state index is -0.798. The van der Waals surface area contributed by atoms with E-state index in [0.29, 0.717) is 26.0 Å². The van der Waals surface area contributed by atoms with Crippen molar-refractivity contribution in [3.63, 3.8) is 0 Å². The number of hydrogen-bond acceptors (Lipinski definition) is 4. The number of carbonyl (C=O) groups is 1. The van der Waals surface area contributed by atoms with Gasteiger partial charge in [0.15, 0.2) is 0 Å². The minimum absolute atomic E-state index is 0.297. The third-order valence-electron chi connectivity index (χ3n) is 3.72. The lowest BCUT2D eigenvalue weighted by Gasteiger charge is -2.36. The molecule has 2 N–H and O–H groups in total. The third kappa shape index (κ3) is 2.21. The van der Waals surface area contributed by atoms with Crippen LogP contribution in [-0.4, -0.2) is 58.5 Å². The molecule has 2 aliphatic heterocycles. The topological polar surface area (TPSA) is 70.0 Å². The molecular formula is C11H19NO4. The molecule has 0 aromatic heterocycles. The largest absolute Gasteiger partial charge is 0.480 e. The van der Waals surface area contributed by atoms with E-state index in [1.807, 2.05) is 4.90 Å². The fourth-order valence-electron chi connectivity index (χ4n) is 2.65. The second-order valence-corrected chi connectivity index (χ2v) is 4.91. The maximum absolute atomic E-state index is 10.9. The summed E-state index contributed by atoms with van der Waals surface area (Å²) in [6.45, 7) is 3.63. The smallest absolute Gasteiger partial charge is 0.320 e. The summed E-state index contributed by atoms with van der Waals surface area (Å²) in [5.74, 6) is -0.798. The Kier molecular flexibility index (Phi) is 3.19. The molecule has 0 radical (unpaired) electrons. The van der Waals surface area contributed by atoms with E-state index in [1.165, 1.54) is 0 Å². The molecule has 0 bridgehead atoms. The van der Waals surface area contributed by atoms with Crippen LogP contribution in [0, 0.1) is 0 Å². The van der Waals surface area contributed by atoms with Crippen LogP contribution in [0.4, 0.5) is 0 Å². The van der Waals surface area contributed by atoms with E-state index in [-0.39, 0.29) is 11.7 Å². The second-order valence-electron chi connectivity index (χ2n) is 4.91. The van der Waals surface area contributed by atoms with Crippen molar-refractivity contribution in [3.05, 3.63) is 0 Å². The third-order valence-corrected chi connectivity index (χ3v) is 3.72. The molecule has 3 atom stereocenters. The molecule has 0 aromatic carbocycles. The first kappa shape index (κ1) is 11.8. The molecule has 5 nitrogen and oxygen atoms in total. The summed E-state index contributed by atoms with van der Waals surface area (Å²) >= 11 is 0. The fourth-order valence-corrected chi connectivity index (χ4v) is 2.65. The Labute approximate surface area is 95.0 Å². The van der Waals surface area contributed by atoms with Crippen LogP contribution < -0.4 is 0 Å². The Morgan fingerprint density at radius 2 is 2.38 bits per heavy atom. The Balaban J connectivity index is 1.98. The number of rotatable bonds is 2. The molecule has 16 heavy (non-hydrogen) atoms. The molecule has 2 heterocycles. The van der Waals surface area contributed by atoms with Crippen molar-refractivity contribution in [1.29, 1.82) is 0 Å². The van der Waals surface area contributed by atoms with Gasteiger partial charge in [0.2, 0.25) is 0 Å². The van der Waals surface area contributed by atoms with E-state index in [4.69, 9.17) is 9.84 Å². The van der Waals surface area contributed by atoms with Gasteiger partial charge in [-0.3, -0.25) is 9.69 Å². The van der Waals surface area contributed by atoms with E-state index in [1.54, 1.807) is 6.92 Å². The summed E-state index contributed by atoms with van der Waals surface area (Å²) in [4.78, 5) is 12.8. The van der Waals surface area contributed by atoms with Crippen molar-refractivity contribution in [2.45, 2.75) is 43.9 Å². The number of carboxylic acids is 1. The lowest BCUT2D eigenvalue weighted by atomic mass is 9.91. The van der Waals surface area contributed by atoms with E-state index < -0.39 is 12.0 Å². The van der Waals surface area contributed by atoms with Gasteiger partial charge in [0.05, 0.1) is 11.7 Å². The highest BCUT2D eigenvalue weighted by Gasteiger charge is 2.44. The van der Waals surface area contributed by atoms with Crippen molar-refractivity contribution in [2.75, 3.05) is 19.7 Å². The molecule has 1 spiro atoms. The highest BCUT2D eigenvalue weighted by molar-refractivity contribution is 5.72. The molecular weight excluding hydrogens is 210 g/mol. The van der Waals surface area contributed by atoms with Gasteiger partial charge in [-0.05, 0) is 19.8 Å². The number of aliphatic hydroxyl groups excluding tert-OH is 1. The highest BCUT2D eigenvalue weighted by Crippen LogP contribution is 2.34. The number of nitrogens with zero attached hydrogens (tertiary/aromatic N) is 1. The molecule has 0 unspecified atom stereocenters. The number of ether oxygens (including phenoxy) is 1. The van der Waals surface area contributed by atoms with Gasteiger partial charge in [0.25, 0.3) is 0 Å². The number of aliphatic carboxylic acids is 1. The molecule has 2 aliphatic rings. The van der Waals surface area contributed by atoms with Gasteiger partial charge in [0.1, 0.15) is 6.04 Å².